The molecule has 0 bridgehead atoms. The van der Waals surface area contributed by atoms with Gasteiger partial charge in [0.05, 0.1) is 10.6 Å². The number of carbonyl (C=O) groups is 2. The molecule has 0 radical (unpaired) electrons. The van der Waals surface area contributed by atoms with Crippen molar-refractivity contribution in [2.24, 2.45) is 0 Å². The number of anilines is 1. The first-order valence-corrected chi connectivity index (χ1v) is 14.8. The molecule has 7 nitrogen and oxygen atoms in total. The molecule has 39 heavy (non-hydrogen) atoms. The molecule has 2 atom stereocenters. The normalized spacial score (nSPS) is 12.8. The number of sulfonamides is 1. The summed E-state index contributed by atoms with van der Waals surface area (Å²) in [5.41, 5.74) is 3.17. The average molecular weight is 550 g/mol. The largest absolute Gasteiger partial charge is 0.352 e. The molecule has 2 amide bonds. The van der Waals surface area contributed by atoms with Crippen LogP contribution in [0.5, 0.6) is 0 Å². The summed E-state index contributed by atoms with van der Waals surface area (Å²) in [6.07, 6.45) is 1.29. The van der Waals surface area contributed by atoms with Crippen molar-refractivity contribution in [2.75, 3.05) is 17.4 Å². The number of hydrogen-bond donors (Lipinski definition) is 1. The molecule has 8 heteroatoms. The molecule has 0 unspecified atom stereocenters. The molecule has 3 rings (SSSR count). The average Bonchev–Trinajstić information content (AvgIpc) is 2.93. The van der Waals surface area contributed by atoms with E-state index in [2.05, 4.69) is 5.32 Å². The molecule has 0 aliphatic rings. The van der Waals surface area contributed by atoms with Gasteiger partial charge in [-0.05, 0) is 69.9 Å². The summed E-state index contributed by atoms with van der Waals surface area (Å²) in [6, 6.07) is 22.4. The van der Waals surface area contributed by atoms with Crippen molar-refractivity contribution in [2.45, 2.75) is 64.4 Å². The zero-order valence-corrected chi connectivity index (χ0v) is 24.2. The van der Waals surface area contributed by atoms with E-state index in [4.69, 9.17) is 0 Å². The van der Waals surface area contributed by atoms with Crippen molar-refractivity contribution >= 4 is 27.5 Å². The molecule has 0 spiro atoms. The fraction of sp³-hybridized carbons (Fsp3) is 0.355. The van der Waals surface area contributed by atoms with Crippen molar-refractivity contribution in [3.8, 4) is 0 Å². The lowest BCUT2D eigenvalue weighted by molar-refractivity contribution is -0.139. The smallest absolute Gasteiger partial charge is 0.264 e. The Hall–Kier alpha value is -3.65. The van der Waals surface area contributed by atoms with Crippen LogP contribution in [0.4, 0.5) is 5.69 Å². The molecule has 0 fully saturated rings. The number of nitrogens with zero attached hydrogens (tertiary/aromatic N) is 2. The summed E-state index contributed by atoms with van der Waals surface area (Å²) in [4.78, 5) is 28.6. The minimum atomic E-state index is -4.07. The van der Waals surface area contributed by atoms with Crippen molar-refractivity contribution in [1.29, 1.82) is 0 Å². The van der Waals surface area contributed by atoms with Gasteiger partial charge in [-0.25, -0.2) is 8.42 Å². The van der Waals surface area contributed by atoms with Gasteiger partial charge in [0.15, 0.2) is 0 Å². The van der Waals surface area contributed by atoms with Crippen LogP contribution in [0.25, 0.3) is 0 Å². The number of carbonyl (C=O) groups excluding carboxylic acids is 2. The summed E-state index contributed by atoms with van der Waals surface area (Å²) < 4.78 is 28.9. The first-order valence-electron chi connectivity index (χ1n) is 13.3. The Kier molecular flexibility index (Phi) is 10.3. The Morgan fingerprint density at radius 1 is 0.897 bits per heavy atom. The molecule has 1 N–H and O–H groups in total. The van der Waals surface area contributed by atoms with E-state index in [1.54, 1.807) is 31.2 Å². The molecule has 0 heterocycles. The molecule has 0 aromatic heterocycles. The van der Waals surface area contributed by atoms with Gasteiger partial charge in [-0.1, -0.05) is 73.2 Å². The third kappa shape index (κ3) is 7.69. The summed E-state index contributed by atoms with van der Waals surface area (Å²) in [5.74, 6) is -0.716. The Morgan fingerprint density at radius 3 is 2.10 bits per heavy atom. The van der Waals surface area contributed by atoms with Gasteiger partial charge in [0, 0.05) is 12.6 Å². The number of benzene rings is 3. The Labute approximate surface area is 232 Å². The van der Waals surface area contributed by atoms with Gasteiger partial charge >= 0.3 is 0 Å². The number of nitrogens with one attached hydrogen (secondary N) is 1. The number of amides is 2. The molecular formula is C31H39N3O4S. The maximum absolute atomic E-state index is 13.9. The second kappa shape index (κ2) is 13.4. The third-order valence-electron chi connectivity index (χ3n) is 6.88. The van der Waals surface area contributed by atoms with E-state index in [0.717, 1.165) is 27.4 Å². The molecular weight excluding hydrogens is 510 g/mol. The van der Waals surface area contributed by atoms with Crippen LogP contribution in [0.2, 0.25) is 0 Å². The minimum absolute atomic E-state index is 0.0452. The molecule has 3 aromatic rings. The van der Waals surface area contributed by atoms with Crippen LogP contribution in [0.15, 0.2) is 83.8 Å². The second-order valence-electron chi connectivity index (χ2n) is 9.93. The zero-order valence-electron chi connectivity index (χ0n) is 23.4. The number of hydrogen-bond acceptors (Lipinski definition) is 4. The van der Waals surface area contributed by atoms with E-state index < -0.39 is 28.5 Å². The van der Waals surface area contributed by atoms with Gasteiger partial charge in [-0.3, -0.25) is 13.9 Å². The summed E-state index contributed by atoms with van der Waals surface area (Å²) in [6.45, 7) is 9.17. The van der Waals surface area contributed by atoms with E-state index in [9.17, 15) is 18.0 Å². The van der Waals surface area contributed by atoms with Crippen molar-refractivity contribution in [1.82, 2.24) is 10.2 Å². The number of aryl methyl sites for hydroxylation is 2. The fourth-order valence-corrected chi connectivity index (χ4v) is 5.85. The van der Waals surface area contributed by atoms with Crippen LogP contribution in [0, 0.1) is 13.8 Å². The van der Waals surface area contributed by atoms with Gasteiger partial charge in [0.2, 0.25) is 11.8 Å². The number of rotatable bonds is 12. The van der Waals surface area contributed by atoms with Crippen LogP contribution >= 0.6 is 0 Å². The highest BCUT2D eigenvalue weighted by molar-refractivity contribution is 7.92. The van der Waals surface area contributed by atoms with Crippen LogP contribution in [-0.4, -0.2) is 50.3 Å². The topological polar surface area (TPSA) is 86.8 Å². The maximum atomic E-state index is 13.9. The van der Waals surface area contributed by atoms with E-state index in [1.807, 2.05) is 70.2 Å². The summed E-state index contributed by atoms with van der Waals surface area (Å²) in [7, 11) is -4.07. The van der Waals surface area contributed by atoms with Crippen molar-refractivity contribution < 1.29 is 18.0 Å². The van der Waals surface area contributed by atoms with Crippen LogP contribution in [0.1, 0.15) is 43.9 Å². The van der Waals surface area contributed by atoms with Crippen LogP contribution in [0.3, 0.4) is 0 Å². The first kappa shape index (κ1) is 29.9. The van der Waals surface area contributed by atoms with Crippen LogP contribution < -0.4 is 9.62 Å². The quantitative estimate of drug-likeness (QED) is 0.349. The maximum Gasteiger partial charge on any atom is 0.264 e. The van der Waals surface area contributed by atoms with Gasteiger partial charge in [-0.15, -0.1) is 0 Å². The van der Waals surface area contributed by atoms with Crippen molar-refractivity contribution in [3.63, 3.8) is 0 Å². The van der Waals surface area contributed by atoms with Crippen LogP contribution in [-0.2, 0) is 26.0 Å². The second-order valence-corrected chi connectivity index (χ2v) is 11.8. The lowest BCUT2D eigenvalue weighted by Gasteiger charge is -2.33. The third-order valence-corrected chi connectivity index (χ3v) is 8.66. The lowest BCUT2D eigenvalue weighted by atomic mass is 10.1. The summed E-state index contributed by atoms with van der Waals surface area (Å²) in [5, 5.41) is 2.95. The lowest BCUT2D eigenvalue weighted by Crippen LogP contribution is -2.53. The SMILES string of the molecule is CC[C@H](C)NC(=O)[C@H](C)N(CCc1ccccc1)C(=O)CN(c1ccc(C)cc1C)S(=O)(=O)c1ccccc1. The molecule has 0 saturated heterocycles. The molecule has 3 aromatic carbocycles. The van der Waals surface area contributed by atoms with Gasteiger partial charge in [0.1, 0.15) is 12.6 Å². The zero-order chi connectivity index (χ0) is 28.6. The Morgan fingerprint density at radius 2 is 1.51 bits per heavy atom. The van der Waals surface area contributed by atoms with E-state index in [0.29, 0.717) is 12.1 Å². The molecule has 0 aliphatic carbocycles. The van der Waals surface area contributed by atoms with Gasteiger partial charge in [0.25, 0.3) is 10.0 Å². The predicted molar refractivity (Wildman–Crippen MR) is 156 cm³/mol. The first-order chi connectivity index (χ1) is 18.5. The minimum Gasteiger partial charge on any atom is -0.352 e. The standard InChI is InChI=1S/C31H39N3O4S/c1-6-25(4)32-31(36)26(5)33(20-19-27-13-9-7-10-14-27)30(35)22-34(29-18-17-23(2)21-24(29)3)39(37,38)28-15-11-8-12-16-28/h7-18,21,25-26H,6,19-20,22H2,1-5H3,(H,32,36)/t25-,26-/m0/s1. The molecule has 0 saturated carbocycles. The highest BCUT2D eigenvalue weighted by atomic mass is 32.2. The predicted octanol–water partition coefficient (Wildman–Crippen LogP) is 4.87. The molecule has 0 aliphatic heterocycles. The Bertz CT molecular complexity index is 1360. The highest BCUT2D eigenvalue weighted by Crippen LogP contribution is 2.28. The van der Waals surface area contributed by atoms with Crippen molar-refractivity contribution in [3.05, 3.63) is 95.6 Å². The molecule has 208 valence electrons. The monoisotopic (exact) mass is 549 g/mol. The van der Waals surface area contributed by atoms with Gasteiger partial charge < -0.3 is 10.2 Å². The van der Waals surface area contributed by atoms with Gasteiger partial charge in [-0.2, -0.15) is 0 Å². The van der Waals surface area contributed by atoms with E-state index in [1.165, 1.54) is 17.0 Å². The Balaban J connectivity index is 1.99. The highest BCUT2D eigenvalue weighted by Gasteiger charge is 2.33. The van der Waals surface area contributed by atoms with E-state index >= 15 is 0 Å². The summed E-state index contributed by atoms with van der Waals surface area (Å²) >= 11 is 0. The fourth-order valence-electron chi connectivity index (χ4n) is 4.35. The van der Waals surface area contributed by atoms with E-state index in [-0.39, 0.29) is 23.4 Å².